The molecule has 10 atom stereocenters. The number of hydrogen-bond donors (Lipinski definition) is 6. The number of amides is 3. The summed E-state index contributed by atoms with van der Waals surface area (Å²) in [4.78, 5) is 74.6. The molecular weight excluding hydrogens is 814 g/mol. The summed E-state index contributed by atoms with van der Waals surface area (Å²) in [6.07, 6.45) is 8.10. The summed E-state index contributed by atoms with van der Waals surface area (Å²) in [6, 6.07) is 6.86. The van der Waals surface area contributed by atoms with Crippen molar-refractivity contribution in [3.63, 3.8) is 0 Å². The summed E-state index contributed by atoms with van der Waals surface area (Å²) >= 11 is 3.00. The van der Waals surface area contributed by atoms with Crippen LogP contribution in [0.2, 0.25) is 0 Å². The van der Waals surface area contributed by atoms with Crippen molar-refractivity contribution < 1.29 is 53.6 Å². The molecule has 1 aromatic carbocycles. The fraction of sp³-hybridized carbons (Fsp3) is 0.628. The molecule has 6 saturated carbocycles. The normalized spacial score (nSPS) is 39.3. The number of carboxylic acids is 1. The highest BCUT2D eigenvalue weighted by Gasteiger charge is 2.76. The Balaban J connectivity index is 0.901. The van der Waals surface area contributed by atoms with Crippen molar-refractivity contribution in [2.75, 3.05) is 18.5 Å². The Kier molecular flexibility index (Phi) is 10.4. The Hall–Kier alpha value is -3.76. The average molecular weight is 867 g/mol. The predicted molar refractivity (Wildman–Crippen MR) is 210 cm³/mol. The van der Waals surface area contributed by atoms with Crippen LogP contribution in [0.3, 0.4) is 0 Å². The molecule has 2 bridgehead atoms. The monoisotopic (exact) mass is 865 g/mol. The van der Waals surface area contributed by atoms with Gasteiger partial charge in [0.05, 0.1) is 24.1 Å². The molecular formula is C43H52BrN3O11. The Morgan fingerprint density at radius 2 is 1.78 bits per heavy atom. The maximum Gasteiger partial charge on any atom is 0.303 e. The number of Topliss-reactive ketones (excluding diaryl/α,β-unsaturated/α-hetero) is 1. The highest BCUT2D eigenvalue weighted by Crippen LogP contribution is 2.71. The Morgan fingerprint density at radius 3 is 2.45 bits per heavy atom. The molecule has 7 aliphatic carbocycles. The van der Waals surface area contributed by atoms with Gasteiger partial charge in [0.1, 0.15) is 12.6 Å². The van der Waals surface area contributed by atoms with Crippen molar-refractivity contribution >= 4 is 51.2 Å². The van der Waals surface area contributed by atoms with Crippen LogP contribution in [0.5, 0.6) is 0 Å². The van der Waals surface area contributed by atoms with E-state index in [4.69, 9.17) is 9.47 Å². The summed E-state index contributed by atoms with van der Waals surface area (Å²) in [7, 11) is 0. The fourth-order valence-corrected chi connectivity index (χ4v) is 12.9. The number of carbonyl (C=O) groups is 6. The summed E-state index contributed by atoms with van der Waals surface area (Å²) in [5.41, 5.74) is -0.197. The molecule has 1 saturated heterocycles. The molecule has 6 N–H and O–H groups in total. The maximum absolute atomic E-state index is 13.9. The van der Waals surface area contributed by atoms with Crippen LogP contribution in [0.4, 0.5) is 0 Å². The van der Waals surface area contributed by atoms with Gasteiger partial charge in [-0.05, 0) is 92.8 Å². The average Bonchev–Trinajstić information content (AvgIpc) is 3.66. The Morgan fingerprint density at radius 1 is 1.05 bits per heavy atom. The SMILES string of the molecule is C[C@]12C=CC(=O)C=C1CC[C@@H]1[C@@H]2[C@@H](O)C[C@@]2(C)[C@H]1C[C@H]1O[C@@H](c3ccc(CC45CC(NC(=O)[C@H](CCC(=O)O)NC(=O)CNC(=O)CBr)(C4)C5)cc3)O[C@]12C(=O)CO. The van der Waals surface area contributed by atoms with Crippen molar-refractivity contribution in [1.29, 1.82) is 0 Å². The first-order chi connectivity index (χ1) is 27.5. The number of fused-ring (bicyclic) bond motifs is 7. The molecule has 0 spiro atoms. The molecule has 3 amide bonds. The maximum atomic E-state index is 13.9. The lowest BCUT2D eigenvalue weighted by Gasteiger charge is -2.71. The van der Waals surface area contributed by atoms with E-state index in [9.17, 15) is 44.1 Å². The van der Waals surface area contributed by atoms with E-state index < -0.39 is 82.6 Å². The fourth-order valence-electron chi connectivity index (χ4n) is 12.7. The van der Waals surface area contributed by atoms with Crippen LogP contribution >= 0.6 is 15.9 Å². The third kappa shape index (κ3) is 6.59. The van der Waals surface area contributed by atoms with Gasteiger partial charge in [-0.3, -0.25) is 28.8 Å². The lowest BCUT2D eigenvalue weighted by molar-refractivity contribution is -0.201. The first-order valence-corrected chi connectivity index (χ1v) is 21.5. The summed E-state index contributed by atoms with van der Waals surface area (Å²) in [6.45, 7) is 3.09. The molecule has 9 rings (SSSR count). The van der Waals surface area contributed by atoms with Gasteiger partial charge in [-0.25, -0.2) is 0 Å². The van der Waals surface area contributed by atoms with Gasteiger partial charge in [0, 0.05) is 34.3 Å². The number of alkyl halides is 1. The smallest absolute Gasteiger partial charge is 0.303 e. The lowest BCUT2D eigenvalue weighted by atomic mass is 9.38. The number of ketones is 2. The molecule has 0 unspecified atom stereocenters. The van der Waals surface area contributed by atoms with Crippen LogP contribution in [0, 0.1) is 34.0 Å². The predicted octanol–water partition coefficient (Wildman–Crippen LogP) is 2.73. The molecule has 15 heteroatoms. The van der Waals surface area contributed by atoms with Crippen molar-refractivity contribution in [3.8, 4) is 0 Å². The van der Waals surface area contributed by atoms with Gasteiger partial charge in [0.25, 0.3) is 0 Å². The minimum Gasteiger partial charge on any atom is -0.481 e. The number of nitrogens with one attached hydrogen (secondary N) is 3. The van der Waals surface area contributed by atoms with Crippen LogP contribution < -0.4 is 16.0 Å². The van der Waals surface area contributed by atoms with Crippen molar-refractivity contribution in [3.05, 3.63) is 59.2 Å². The summed E-state index contributed by atoms with van der Waals surface area (Å²) in [5.74, 6) is -3.02. The molecule has 1 aliphatic heterocycles. The molecule has 312 valence electrons. The number of halogens is 1. The molecule has 7 fully saturated rings. The van der Waals surface area contributed by atoms with Gasteiger partial charge >= 0.3 is 5.97 Å². The number of ether oxygens (including phenoxy) is 2. The summed E-state index contributed by atoms with van der Waals surface area (Å²) < 4.78 is 13.4. The van der Waals surface area contributed by atoms with Gasteiger partial charge in [0.15, 0.2) is 23.5 Å². The Labute approximate surface area is 345 Å². The zero-order valence-electron chi connectivity index (χ0n) is 32.8. The van der Waals surface area contributed by atoms with E-state index in [0.717, 1.165) is 55.2 Å². The van der Waals surface area contributed by atoms with Gasteiger partial charge < -0.3 is 40.7 Å². The highest BCUT2D eigenvalue weighted by molar-refractivity contribution is 9.09. The first-order valence-electron chi connectivity index (χ1n) is 20.3. The quantitative estimate of drug-likeness (QED) is 0.150. The van der Waals surface area contributed by atoms with Crippen molar-refractivity contribution in [2.45, 2.75) is 114 Å². The van der Waals surface area contributed by atoms with E-state index in [2.05, 4.69) is 38.8 Å². The zero-order valence-corrected chi connectivity index (χ0v) is 34.3. The number of benzene rings is 1. The molecule has 1 heterocycles. The molecule has 8 aliphatic rings. The van der Waals surface area contributed by atoms with E-state index in [-0.39, 0.29) is 53.7 Å². The van der Waals surface area contributed by atoms with E-state index >= 15 is 0 Å². The number of aliphatic hydroxyl groups excluding tert-OH is 2. The molecule has 58 heavy (non-hydrogen) atoms. The molecule has 14 nitrogen and oxygen atoms in total. The number of aliphatic carboxylic acids is 1. The second-order valence-electron chi connectivity index (χ2n) is 18.5. The van der Waals surface area contributed by atoms with Crippen LogP contribution in [0.25, 0.3) is 0 Å². The molecule has 0 radical (unpaired) electrons. The van der Waals surface area contributed by atoms with Gasteiger partial charge in [0.2, 0.25) is 17.7 Å². The summed E-state index contributed by atoms with van der Waals surface area (Å²) in [5, 5.41) is 39.5. The van der Waals surface area contributed by atoms with E-state index in [1.165, 1.54) is 0 Å². The minimum absolute atomic E-state index is 0.00250. The third-order valence-electron chi connectivity index (χ3n) is 15.0. The van der Waals surface area contributed by atoms with Gasteiger partial charge in [-0.15, -0.1) is 0 Å². The molecule has 0 aromatic heterocycles. The van der Waals surface area contributed by atoms with Crippen LogP contribution in [0.15, 0.2) is 48.1 Å². The second kappa shape index (κ2) is 14.8. The van der Waals surface area contributed by atoms with Crippen molar-refractivity contribution in [2.24, 2.45) is 34.0 Å². The topological polar surface area (TPSA) is 218 Å². The number of rotatable bonds is 14. The second-order valence-corrected chi connectivity index (χ2v) is 19.1. The zero-order chi connectivity index (χ0) is 41.4. The third-order valence-corrected chi connectivity index (χ3v) is 15.5. The first kappa shape index (κ1) is 41.0. The standard InChI is InChI=1S/C43H52BrN3O11/c1-39-12-11-26(49)13-25(39)7-8-27-28-14-32-43(31(51)19-48,40(28,2)16-30(50)36(27)39)58-38(57-32)24-5-3-23(4-6-24)15-41-20-42(21-41,22-41)47-37(56)29(9-10-35(54)55)46-34(53)18-45-33(52)17-44/h3-6,11-13,27-30,32,36,38,48,50H,7-10,14-22H2,1-2H3,(H,45,52)(H,46,53)(H,47,56)(H,54,55)/t27-,28-,29-,30-,32+,36+,38+,39-,40-,41?,42?,43+/m0/s1. The largest absolute Gasteiger partial charge is 0.481 e. The van der Waals surface area contributed by atoms with Gasteiger partial charge in [-0.1, -0.05) is 65.7 Å². The lowest BCUT2D eigenvalue weighted by Crippen LogP contribution is -2.76. The number of carboxylic acid groups (broad SMARTS) is 1. The van der Waals surface area contributed by atoms with Crippen LogP contribution in [0.1, 0.15) is 89.1 Å². The number of hydrogen-bond acceptors (Lipinski definition) is 10. The van der Waals surface area contributed by atoms with E-state index in [1.807, 2.05) is 37.3 Å². The van der Waals surface area contributed by atoms with Crippen molar-refractivity contribution in [1.82, 2.24) is 16.0 Å². The highest BCUT2D eigenvalue weighted by atomic mass is 79.9. The van der Waals surface area contributed by atoms with Crippen LogP contribution in [-0.4, -0.2) is 98.4 Å². The molecule has 1 aromatic rings. The minimum atomic E-state index is -1.43. The Bertz CT molecular complexity index is 1960. The van der Waals surface area contributed by atoms with Gasteiger partial charge in [-0.2, -0.15) is 0 Å². The number of carbonyl (C=O) groups excluding carboxylic acids is 5. The van der Waals surface area contributed by atoms with Crippen LogP contribution in [-0.2, 0) is 44.7 Å². The number of allylic oxidation sites excluding steroid dienone is 4. The van der Waals surface area contributed by atoms with E-state index in [0.29, 0.717) is 12.8 Å². The number of aliphatic hydroxyl groups is 2. The van der Waals surface area contributed by atoms with E-state index in [1.54, 1.807) is 12.2 Å².